The van der Waals surface area contributed by atoms with Crippen molar-refractivity contribution in [2.45, 2.75) is 162 Å². The predicted molar refractivity (Wildman–Crippen MR) is 287 cm³/mol. The Morgan fingerprint density at radius 2 is 1.38 bits per heavy atom. The summed E-state index contributed by atoms with van der Waals surface area (Å²) in [5.41, 5.74) is 0.682. The van der Waals surface area contributed by atoms with Crippen molar-refractivity contribution < 1.29 is 62.4 Å². The highest BCUT2D eigenvalue weighted by Crippen LogP contribution is 2.30. The van der Waals surface area contributed by atoms with E-state index in [1.54, 1.807) is 63.7 Å². The third kappa shape index (κ3) is 19.9. The molecule has 2 rings (SSSR count). The molecule has 76 heavy (non-hydrogen) atoms. The van der Waals surface area contributed by atoms with Crippen LogP contribution < -0.4 is 31.9 Å². The molecule has 0 bridgehead atoms. The molecular formula is C54H93N9O13. The Hall–Kier alpha value is -5.42. The molecule has 0 aromatic heterocycles. The number of carbonyl (C=O) groups is 8. The monoisotopic (exact) mass is 1080 g/mol. The molecule has 432 valence electrons. The van der Waals surface area contributed by atoms with Crippen molar-refractivity contribution in [3.63, 3.8) is 0 Å². The topological polar surface area (TPSA) is 276 Å². The second kappa shape index (κ2) is 33.0. The lowest BCUT2D eigenvalue weighted by molar-refractivity contribution is -0.148. The van der Waals surface area contributed by atoms with E-state index in [4.69, 9.17) is 14.2 Å². The second-order valence-corrected chi connectivity index (χ2v) is 21.1. The summed E-state index contributed by atoms with van der Waals surface area (Å²) >= 11 is 0. The number of likely N-dealkylation sites (tertiary alicyclic amines) is 1. The smallest absolute Gasteiger partial charge is 0.407 e. The van der Waals surface area contributed by atoms with Crippen LogP contribution in [0.2, 0.25) is 0 Å². The van der Waals surface area contributed by atoms with Crippen molar-refractivity contribution in [1.82, 2.24) is 46.6 Å². The van der Waals surface area contributed by atoms with Gasteiger partial charge in [0.15, 0.2) is 0 Å². The molecule has 22 nitrogen and oxygen atoms in total. The van der Waals surface area contributed by atoms with Gasteiger partial charge in [-0.25, -0.2) is 4.79 Å². The van der Waals surface area contributed by atoms with E-state index in [0.29, 0.717) is 31.4 Å². The van der Waals surface area contributed by atoms with Gasteiger partial charge in [0.1, 0.15) is 24.9 Å². The van der Waals surface area contributed by atoms with Crippen molar-refractivity contribution in [3.05, 3.63) is 35.9 Å². The molecular weight excluding hydrogens is 983 g/mol. The van der Waals surface area contributed by atoms with Crippen molar-refractivity contribution >= 4 is 47.4 Å². The van der Waals surface area contributed by atoms with Crippen molar-refractivity contribution in [1.29, 1.82) is 0 Å². The number of aliphatic hydroxyl groups is 1. The van der Waals surface area contributed by atoms with Gasteiger partial charge < -0.3 is 65.8 Å². The molecule has 1 aliphatic heterocycles. The zero-order valence-corrected chi connectivity index (χ0v) is 48.1. The van der Waals surface area contributed by atoms with E-state index in [9.17, 15) is 43.5 Å². The first-order chi connectivity index (χ1) is 35.8. The highest BCUT2D eigenvalue weighted by Gasteiger charge is 2.43. The van der Waals surface area contributed by atoms with Gasteiger partial charge in [0.25, 0.3) is 0 Å². The van der Waals surface area contributed by atoms with Crippen LogP contribution in [-0.4, -0.2) is 190 Å². The number of nitrogens with one attached hydrogen (secondary N) is 6. The third-order valence-electron chi connectivity index (χ3n) is 14.4. The lowest BCUT2D eigenvalue weighted by Crippen LogP contribution is -2.60. The molecule has 8 amide bonds. The Balaban J connectivity index is 2.06. The average molecular weight is 1080 g/mol. The van der Waals surface area contributed by atoms with E-state index in [1.807, 2.05) is 64.6 Å². The minimum absolute atomic E-state index is 0.0442. The van der Waals surface area contributed by atoms with Gasteiger partial charge in [-0.3, -0.25) is 38.5 Å². The Morgan fingerprint density at radius 3 is 1.93 bits per heavy atom. The summed E-state index contributed by atoms with van der Waals surface area (Å²) in [5, 5.41) is 26.9. The van der Waals surface area contributed by atoms with Gasteiger partial charge in [0.2, 0.25) is 41.4 Å². The van der Waals surface area contributed by atoms with Gasteiger partial charge in [-0.2, -0.15) is 0 Å². The van der Waals surface area contributed by atoms with Crippen LogP contribution in [0.1, 0.15) is 114 Å². The molecule has 0 unspecified atom stereocenters. The van der Waals surface area contributed by atoms with Gasteiger partial charge in [0.05, 0.1) is 75.1 Å². The molecule has 1 heterocycles. The number of likely N-dealkylation sites (N-methyl/N-ethyl adjacent to an activating group) is 2. The van der Waals surface area contributed by atoms with E-state index in [0.717, 1.165) is 0 Å². The van der Waals surface area contributed by atoms with Crippen LogP contribution in [0.5, 0.6) is 0 Å². The molecule has 0 spiro atoms. The van der Waals surface area contributed by atoms with Gasteiger partial charge in [-0.1, -0.05) is 99.1 Å². The van der Waals surface area contributed by atoms with Crippen LogP contribution in [0.15, 0.2) is 30.3 Å². The number of rotatable bonds is 32. The minimum atomic E-state index is -1.01. The van der Waals surface area contributed by atoms with Crippen LogP contribution in [-0.2, 0) is 52.5 Å². The maximum atomic E-state index is 14.6. The van der Waals surface area contributed by atoms with E-state index >= 15 is 0 Å². The number of amides is 8. The quantitative estimate of drug-likeness (QED) is 0.0403. The van der Waals surface area contributed by atoms with Crippen molar-refractivity contribution in [2.24, 2.45) is 29.6 Å². The molecule has 22 heteroatoms. The van der Waals surface area contributed by atoms with Crippen molar-refractivity contribution in [2.75, 3.05) is 68.4 Å². The van der Waals surface area contributed by atoms with Gasteiger partial charge in [-0.15, -0.1) is 0 Å². The number of benzene rings is 1. The van der Waals surface area contributed by atoms with Crippen LogP contribution in [0.25, 0.3) is 0 Å². The van der Waals surface area contributed by atoms with Crippen LogP contribution in [0.3, 0.4) is 0 Å². The average Bonchev–Trinajstić information content (AvgIpc) is 3.87. The third-order valence-corrected chi connectivity index (χ3v) is 14.4. The summed E-state index contributed by atoms with van der Waals surface area (Å²) in [5.74, 6) is -4.51. The highest BCUT2D eigenvalue weighted by molar-refractivity contribution is 5.93. The summed E-state index contributed by atoms with van der Waals surface area (Å²) in [6.45, 7) is 20.2. The summed E-state index contributed by atoms with van der Waals surface area (Å²) in [6, 6.07) is 4.02. The predicted octanol–water partition coefficient (Wildman–Crippen LogP) is 2.33. The van der Waals surface area contributed by atoms with E-state index in [2.05, 4.69) is 36.6 Å². The van der Waals surface area contributed by atoms with E-state index in [1.165, 1.54) is 28.3 Å². The number of hydrogen-bond donors (Lipinski definition) is 7. The Morgan fingerprint density at radius 1 is 0.750 bits per heavy atom. The van der Waals surface area contributed by atoms with Crippen LogP contribution >= 0.6 is 0 Å². The standard InChI is InChI=1S/C54H93N9O13/c1-17-34(8)46(40(73-14)28-42(65)63-25-21-24-39(63)48(74-15)35(9)49(67)57-36(10)47(66)38-22-19-18-20-23-38)62(13)53(71)44(32(4)5)59-52(70)45(33(6)7)61(12)26-27-76-30-56-41(64)29-55-50(68)37(11)58-51(69)43(31(2)3)60-54(72)75-16/h18-20,22-23,31-37,39-40,43-48,66H,17,21,24-30H2,1-16H3,(H,55,68)(H,56,64)(H,57,67)(H,58,69)(H,59,70)(H,60,72)/t34-,35+,36+,37-,39-,40+,43-,44-,45-,46-,47+,48+/m0/s1. The van der Waals surface area contributed by atoms with E-state index in [-0.39, 0.29) is 80.1 Å². The number of hydrogen-bond acceptors (Lipinski definition) is 14. The number of alkyl carbamates (subject to hydrolysis) is 1. The Labute approximate surface area is 451 Å². The Bertz CT molecular complexity index is 2010. The normalized spacial score (nSPS) is 18.0. The molecule has 7 N–H and O–H groups in total. The number of methoxy groups -OCH3 is 3. The first kappa shape index (κ1) is 66.7. The first-order valence-corrected chi connectivity index (χ1v) is 26.7. The van der Waals surface area contributed by atoms with E-state index < -0.39 is 90.3 Å². The maximum absolute atomic E-state index is 14.6. The number of carbonyl (C=O) groups excluding carboxylic acids is 8. The number of ether oxygens (including phenoxy) is 4. The summed E-state index contributed by atoms with van der Waals surface area (Å²) < 4.78 is 22.2. The zero-order chi connectivity index (χ0) is 57.6. The summed E-state index contributed by atoms with van der Waals surface area (Å²) in [4.78, 5) is 111. The molecule has 1 fully saturated rings. The van der Waals surface area contributed by atoms with Crippen LogP contribution in [0.4, 0.5) is 4.79 Å². The molecule has 0 aliphatic carbocycles. The van der Waals surface area contributed by atoms with Gasteiger partial charge in [0, 0.05) is 34.4 Å². The molecule has 1 aromatic carbocycles. The fourth-order valence-electron chi connectivity index (χ4n) is 9.69. The number of aliphatic hydroxyl groups excluding tert-OH is 1. The zero-order valence-electron chi connectivity index (χ0n) is 48.1. The SMILES string of the molecule is CC[C@H](C)[C@@H]([C@@H](CC(=O)N1CCC[C@H]1[C@H](OC)[C@@H](C)C(=O)N[C@H](C)[C@@H](O)c1ccccc1)OC)N(C)C(=O)[C@@H](NC(=O)[C@H](C(C)C)N(C)CCOCNC(=O)CNC(=O)[C@H](C)NC(=O)[C@@H](NC(=O)OC)C(C)C)C(C)C. The molecule has 12 atom stereocenters. The second-order valence-electron chi connectivity index (χ2n) is 21.1. The number of nitrogens with zero attached hydrogens (tertiary/aromatic N) is 3. The maximum Gasteiger partial charge on any atom is 0.407 e. The molecule has 1 aliphatic rings. The lowest BCUT2D eigenvalue weighted by Gasteiger charge is -2.41. The highest BCUT2D eigenvalue weighted by atomic mass is 16.5. The molecule has 1 aromatic rings. The largest absolute Gasteiger partial charge is 0.453 e. The van der Waals surface area contributed by atoms with Crippen molar-refractivity contribution in [3.8, 4) is 0 Å². The van der Waals surface area contributed by atoms with Gasteiger partial charge in [-0.05, 0) is 63.0 Å². The minimum Gasteiger partial charge on any atom is -0.453 e. The molecule has 1 saturated heterocycles. The summed E-state index contributed by atoms with van der Waals surface area (Å²) in [6.07, 6.45) is -1.10. The molecule has 0 saturated carbocycles. The molecule has 0 radical (unpaired) electrons. The fraction of sp³-hybridized carbons (Fsp3) is 0.741. The fourth-order valence-corrected chi connectivity index (χ4v) is 9.69. The summed E-state index contributed by atoms with van der Waals surface area (Å²) in [7, 11) is 7.67. The van der Waals surface area contributed by atoms with Gasteiger partial charge >= 0.3 is 6.09 Å². The van der Waals surface area contributed by atoms with Crippen LogP contribution in [0, 0.1) is 29.6 Å². The first-order valence-electron chi connectivity index (χ1n) is 26.7. The lowest BCUT2D eigenvalue weighted by atomic mass is 9.89. The Kier molecular flexibility index (Phi) is 29.0.